The Morgan fingerprint density at radius 1 is 1.33 bits per heavy atom. The lowest BCUT2D eigenvalue weighted by Crippen LogP contribution is -2.27. The minimum absolute atomic E-state index is 0.399. The van der Waals surface area contributed by atoms with Gasteiger partial charge in [0.2, 0.25) is 0 Å². The summed E-state index contributed by atoms with van der Waals surface area (Å²) in [4.78, 5) is 2.68. The highest BCUT2D eigenvalue weighted by molar-refractivity contribution is 9.09. The number of halogens is 1. The lowest BCUT2D eigenvalue weighted by molar-refractivity contribution is 0.185. The molecule has 0 saturated heterocycles. The highest BCUT2D eigenvalue weighted by Gasteiger charge is 2.07. The highest BCUT2D eigenvalue weighted by atomic mass is 79.9. The molecule has 0 spiro atoms. The second-order valence-corrected chi connectivity index (χ2v) is 5.03. The van der Waals surface area contributed by atoms with E-state index in [-0.39, 0.29) is 0 Å². The first-order valence-corrected chi connectivity index (χ1v) is 5.99. The maximum Gasteiger partial charge on any atom is 0.0600 e. The molecular formula is C12H18BrNO. The normalized spacial score (nSPS) is 13.1. The van der Waals surface area contributed by atoms with Crippen LogP contribution in [0.4, 0.5) is 0 Å². The van der Waals surface area contributed by atoms with Gasteiger partial charge in [0.1, 0.15) is 0 Å². The topological polar surface area (TPSA) is 12.5 Å². The monoisotopic (exact) mass is 271 g/mol. The van der Waals surface area contributed by atoms with Crippen LogP contribution in [0.25, 0.3) is 0 Å². The van der Waals surface area contributed by atoms with Crippen LogP contribution in [-0.2, 0) is 11.3 Å². The third-order valence-corrected chi connectivity index (χ3v) is 2.71. The minimum Gasteiger partial charge on any atom is -0.383 e. The lowest BCUT2D eigenvalue weighted by Gasteiger charge is -2.19. The SMILES string of the molecule is COCC(Br)CN(C)Cc1ccccc1. The molecule has 0 aliphatic rings. The van der Waals surface area contributed by atoms with Crippen LogP contribution in [0, 0.1) is 0 Å². The molecule has 15 heavy (non-hydrogen) atoms. The van der Waals surface area contributed by atoms with Crippen molar-refractivity contribution >= 4 is 15.9 Å². The fourth-order valence-corrected chi connectivity index (χ4v) is 2.29. The zero-order valence-electron chi connectivity index (χ0n) is 9.32. The molecule has 1 aromatic rings. The number of rotatable bonds is 6. The van der Waals surface area contributed by atoms with Crippen LogP contribution in [0.15, 0.2) is 30.3 Å². The summed E-state index contributed by atoms with van der Waals surface area (Å²) in [5.41, 5.74) is 1.34. The largest absolute Gasteiger partial charge is 0.383 e. The van der Waals surface area contributed by atoms with E-state index in [0.29, 0.717) is 4.83 Å². The Balaban J connectivity index is 2.33. The van der Waals surface area contributed by atoms with Gasteiger partial charge < -0.3 is 9.64 Å². The zero-order valence-corrected chi connectivity index (χ0v) is 10.9. The van der Waals surface area contributed by atoms with Gasteiger partial charge in [-0.3, -0.25) is 0 Å². The number of hydrogen-bond acceptors (Lipinski definition) is 2. The summed E-state index contributed by atoms with van der Waals surface area (Å²) in [7, 11) is 3.85. The molecule has 84 valence electrons. The smallest absolute Gasteiger partial charge is 0.0600 e. The molecule has 1 atom stereocenters. The first kappa shape index (κ1) is 12.7. The van der Waals surface area contributed by atoms with Crippen molar-refractivity contribution in [3.63, 3.8) is 0 Å². The summed E-state index contributed by atoms with van der Waals surface area (Å²) in [5, 5.41) is 0. The van der Waals surface area contributed by atoms with E-state index < -0.39 is 0 Å². The first-order valence-electron chi connectivity index (χ1n) is 5.08. The predicted molar refractivity (Wildman–Crippen MR) is 67.4 cm³/mol. The number of hydrogen-bond donors (Lipinski definition) is 0. The minimum atomic E-state index is 0.399. The van der Waals surface area contributed by atoms with Crippen LogP contribution < -0.4 is 0 Å². The fraction of sp³-hybridized carbons (Fsp3) is 0.500. The maximum atomic E-state index is 5.08. The van der Waals surface area contributed by atoms with Crippen LogP contribution in [0.5, 0.6) is 0 Å². The first-order chi connectivity index (χ1) is 7.22. The molecule has 1 rings (SSSR count). The number of benzene rings is 1. The molecule has 0 radical (unpaired) electrons. The van der Waals surface area contributed by atoms with Crippen molar-refractivity contribution in [2.75, 3.05) is 27.3 Å². The number of ether oxygens (including phenoxy) is 1. The Morgan fingerprint density at radius 3 is 2.60 bits per heavy atom. The molecular weight excluding hydrogens is 254 g/mol. The average molecular weight is 272 g/mol. The van der Waals surface area contributed by atoms with Gasteiger partial charge in [-0.2, -0.15) is 0 Å². The Hall–Kier alpha value is -0.380. The van der Waals surface area contributed by atoms with Gasteiger partial charge in [-0.1, -0.05) is 46.3 Å². The van der Waals surface area contributed by atoms with E-state index in [2.05, 4.69) is 52.1 Å². The molecule has 0 bridgehead atoms. The molecule has 0 amide bonds. The summed E-state index contributed by atoms with van der Waals surface area (Å²) < 4.78 is 5.08. The van der Waals surface area contributed by atoms with Crippen LogP contribution in [0.1, 0.15) is 5.56 Å². The molecule has 0 saturated carbocycles. The molecule has 0 fully saturated rings. The summed E-state index contributed by atoms with van der Waals surface area (Å²) >= 11 is 3.59. The van der Waals surface area contributed by atoms with Gasteiger partial charge >= 0.3 is 0 Å². The molecule has 3 heteroatoms. The van der Waals surface area contributed by atoms with E-state index in [1.54, 1.807) is 7.11 Å². The third-order valence-electron chi connectivity index (χ3n) is 2.15. The maximum absolute atomic E-state index is 5.08. The third kappa shape index (κ3) is 5.30. The van der Waals surface area contributed by atoms with Crippen molar-refractivity contribution in [1.82, 2.24) is 4.90 Å². The average Bonchev–Trinajstić information content (AvgIpc) is 2.19. The Bertz CT molecular complexity index is 266. The summed E-state index contributed by atoms with van der Waals surface area (Å²) in [6, 6.07) is 10.5. The predicted octanol–water partition coefficient (Wildman–Crippen LogP) is 2.53. The highest BCUT2D eigenvalue weighted by Crippen LogP contribution is 2.06. The van der Waals surface area contributed by atoms with Crippen LogP contribution >= 0.6 is 15.9 Å². The van der Waals surface area contributed by atoms with Gasteiger partial charge in [-0.05, 0) is 12.6 Å². The molecule has 1 unspecified atom stereocenters. The van der Waals surface area contributed by atoms with Crippen LogP contribution in [-0.4, -0.2) is 37.0 Å². The van der Waals surface area contributed by atoms with Crippen molar-refractivity contribution in [3.05, 3.63) is 35.9 Å². The van der Waals surface area contributed by atoms with E-state index in [4.69, 9.17) is 4.74 Å². The Labute approximate surface area is 100 Å². The fourth-order valence-electron chi connectivity index (χ4n) is 1.53. The quantitative estimate of drug-likeness (QED) is 0.738. The van der Waals surface area contributed by atoms with Crippen molar-refractivity contribution in [1.29, 1.82) is 0 Å². The second kappa shape index (κ2) is 6.99. The van der Waals surface area contributed by atoms with Crippen molar-refractivity contribution in [2.45, 2.75) is 11.4 Å². The molecule has 2 nitrogen and oxygen atoms in total. The zero-order chi connectivity index (χ0) is 11.1. The van der Waals surface area contributed by atoms with Crippen molar-refractivity contribution in [3.8, 4) is 0 Å². The Kier molecular flexibility index (Phi) is 5.91. The van der Waals surface area contributed by atoms with Gasteiger partial charge in [0.05, 0.1) is 11.4 Å². The number of nitrogens with zero attached hydrogens (tertiary/aromatic N) is 1. The van der Waals surface area contributed by atoms with Crippen molar-refractivity contribution in [2.24, 2.45) is 0 Å². The molecule has 0 N–H and O–H groups in total. The van der Waals surface area contributed by atoms with Gasteiger partial charge in [0.15, 0.2) is 0 Å². The van der Waals surface area contributed by atoms with E-state index >= 15 is 0 Å². The standard InChI is InChI=1S/C12H18BrNO/c1-14(9-12(13)10-15-2)8-11-6-4-3-5-7-11/h3-7,12H,8-10H2,1-2H3. The molecule has 1 aromatic carbocycles. The van der Waals surface area contributed by atoms with Gasteiger partial charge in [-0.15, -0.1) is 0 Å². The molecule has 0 heterocycles. The summed E-state index contributed by atoms with van der Waals surface area (Å²) in [5.74, 6) is 0. The van der Waals surface area contributed by atoms with E-state index in [9.17, 15) is 0 Å². The van der Waals surface area contributed by atoms with Gasteiger partial charge in [-0.25, -0.2) is 0 Å². The molecule has 0 aliphatic heterocycles. The van der Waals surface area contributed by atoms with E-state index in [1.165, 1.54) is 5.56 Å². The molecule has 0 aromatic heterocycles. The lowest BCUT2D eigenvalue weighted by atomic mass is 10.2. The molecule has 0 aliphatic carbocycles. The Morgan fingerprint density at radius 2 is 2.00 bits per heavy atom. The van der Waals surface area contributed by atoms with E-state index in [1.807, 2.05) is 6.07 Å². The van der Waals surface area contributed by atoms with Crippen LogP contribution in [0.3, 0.4) is 0 Å². The summed E-state index contributed by atoms with van der Waals surface area (Å²) in [6.45, 7) is 2.72. The van der Waals surface area contributed by atoms with Crippen LogP contribution in [0.2, 0.25) is 0 Å². The number of alkyl halides is 1. The number of methoxy groups -OCH3 is 1. The van der Waals surface area contributed by atoms with Gasteiger partial charge in [0, 0.05) is 20.2 Å². The van der Waals surface area contributed by atoms with Crippen molar-refractivity contribution < 1.29 is 4.74 Å². The second-order valence-electron chi connectivity index (χ2n) is 3.73. The van der Waals surface area contributed by atoms with Gasteiger partial charge in [0.25, 0.3) is 0 Å². The summed E-state index contributed by atoms with van der Waals surface area (Å²) in [6.07, 6.45) is 0. The van der Waals surface area contributed by atoms with E-state index in [0.717, 1.165) is 19.7 Å².